The molecule has 5 nitrogen and oxygen atoms in total. The molecule has 114 valence electrons. The van der Waals surface area contributed by atoms with Gasteiger partial charge in [-0.2, -0.15) is 0 Å². The third-order valence-corrected chi connectivity index (χ3v) is 4.05. The summed E-state index contributed by atoms with van der Waals surface area (Å²) in [6.07, 6.45) is 0. The highest BCUT2D eigenvalue weighted by molar-refractivity contribution is 5.96. The van der Waals surface area contributed by atoms with Crippen molar-refractivity contribution in [2.24, 2.45) is 0 Å². The van der Waals surface area contributed by atoms with Gasteiger partial charge in [-0.1, -0.05) is 24.3 Å². The maximum atomic E-state index is 12.7. The zero-order valence-electron chi connectivity index (χ0n) is 12.5. The first-order valence-electron chi connectivity index (χ1n) is 7.14. The zero-order valence-corrected chi connectivity index (χ0v) is 12.5. The molecule has 0 radical (unpaired) electrons. The van der Waals surface area contributed by atoms with Crippen molar-refractivity contribution in [3.8, 4) is 0 Å². The minimum atomic E-state index is -0.912. The zero-order chi connectivity index (χ0) is 15.9. The average molecular weight is 299 g/mol. The number of carbonyl (C=O) groups excluding carboxylic acids is 1. The van der Waals surface area contributed by atoms with Crippen molar-refractivity contribution in [2.75, 3.05) is 6.54 Å². The molecule has 3 rings (SSSR count). The predicted molar refractivity (Wildman–Crippen MR) is 79.7 cm³/mol. The maximum Gasteiger partial charge on any atom is 0.312 e. The number of carbonyl (C=O) groups is 2. The lowest BCUT2D eigenvalue weighted by Crippen LogP contribution is -2.40. The minimum Gasteiger partial charge on any atom is -0.481 e. The Bertz CT molecular complexity index is 747. The largest absolute Gasteiger partial charge is 0.481 e. The first-order chi connectivity index (χ1) is 10.5. The van der Waals surface area contributed by atoms with Gasteiger partial charge in [0, 0.05) is 13.1 Å². The molecule has 2 aromatic rings. The van der Waals surface area contributed by atoms with Gasteiger partial charge in [-0.3, -0.25) is 9.59 Å². The summed E-state index contributed by atoms with van der Waals surface area (Å²) in [7, 11) is 0. The van der Waals surface area contributed by atoms with Crippen LogP contribution < -0.4 is 0 Å². The standard InChI is InChI=1S/C17H17NO4/c1-10-7-14(11(2)22-10)16(19)18-8-12-5-3-4-6-13(12)15(9-18)17(20)21/h3-7,15H,8-9H2,1-2H3,(H,20,21). The molecule has 0 saturated heterocycles. The van der Waals surface area contributed by atoms with E-state index in [2.05, 4.69) is 0 Å². The summed E-state index contributed by atoms with van der Waals surface area (Å²) in [5.41, 5.74) is 2.17. The highest BCUT2D eigenvalue weighted by Gasteiger charge is 2.33. The SMILES string of the molecule is Cc1cc(C(=O)N2Cc3ccccc3C(C(=O)O)C2)c(C)o1. The Morgan fingerprint density at radius 3 is 2.64 bits per heavy atom. The van der Waals surface area contributed by atoms with Gasteiger partial charge in [-0.05, 0) is 31.0 Å². The van der Waals surface area contributed by atoms with Gasteiger partial charge in [0.15, 0.2) is 0 Å². The van der Waals surface area contributed by atoms with E-state index in [1.54, 1.807) is 24.8 Å². The lowest BCUT2D eigenvalue weighted by molar-refractivity contribution is -0.139. The Kier molecular flexibility index (Phi) is 3.48. The van der Waals surface area contributed by atoms with Gasteiger partial charge in [0.25, 0.3) is 5.91 Å². The Morgan fingerprint density at radius 1 is 1.27 bits per heavy atom. The van der Waals surface area contributed by atoms with Gasteiger partial charge in [-0.15, -0.1) is 0 Å². The number of fused-ring (bicyclic) bond motifs is 1. The molecule has 0 saturated carbocycles. The number of carboxylic acids is 1. The second-order valence-electron chi connectivity index (χ2n) is 5.60. The Labute approximate surface area is 128 Å². The molecule has 1 aliphatic heterocycles. The van der Waals surface area contributed by atoms with E-state index in [1.165, 1.54) is 0 Å². The molecule has 0 fully saturated rings. The van der Waals surface area contributed by atoms with Crippen molar-refractivity contribution >= 4 is 11.9 Å². The quantitative estimate of drug-likeness (QED) is 0.925. The third-order valence-electron chi connectivity index (χ3n) is 4.05. The smallest absolute Gasteiger partial charge is 0.312 e. The van der Waals surface area contributed by atoms with Gasteiger partial charge in [0.2, 0.25) is 0 Å². The van der Waals surface area contributed by atoms with Crippen LogP contribution in [0, 0.1) is 13.8 Å². The van der Waals surface area contributed by atoms with E-state index in [1.807, 2.05) is 24.3 Å². The molecular weight excluding hydrogens is 282 g/mol. The molecule has 1 unspecified atom stereocenters. The maximum absolute atomic E-state index is 12.7. The van der Waals surface area contributed by atoms with Crippen molar-refractivity contribution in [2.45, 2.75) is 26.3 Å². The number of furan rings is 1. The van der Waals surface area contributed by atoms with E-state index in [4.69, 9.17) is 4.42 Å². The van der Waals surface area contributed by atoms with E-state index in [9.17, 15) is 14.7 Å². The van der Waals surface area contributed by atoms with Crippen LogP contribution in [0.5, 0.6) is 0 Å². The van der Waals surface area contributed by atoms with Crippen molar-refractivity contribution in [1.29, 1.82) is 0 Å². The molecule has 0 bridgehead atoms. The van der Waals surface area contributed by atoms with Crippen LogP contribution in [0.25, 0.3) is 0 Å². The monoisotopic (exact) mass is 299 g/mol. The van der Waals surface area contributed by atoms with Crippen LogP contribution in [0.2, 0.25) is 0 Å². The molecule has 1 aromatic carbocycles. The number of rotatable bonds is 2. The molecule has 1 amide bonds. The average Bonchev–Trinajstić information content (AvgIpc) is 2.83. The Morgan fingerprint density at radius 2 is 2.00 bits per heavy atom. The number of benzene rings is 1. The van der Waals surface area contributed by atoms with Gasteiger partial charge in [-0.25, -0.2) is 0 Å². The molecule has 0 aliphatic carbocycles. The van der Waals surface area contributed by atoms with Gasteiger partial charge < -0.3 is 14.4 Å². The summed E-state index contributed by atoms with van der Waals surface area (Å²) in [5.74, 6) is -0.552. The van der Waals surface area contributed by atoms with E-state index in [0.717, 1.165) is 11.1 Å². The second-order valence-corrected chi connectivity index (χ2v) is 5.60. The number of hydrogen-bond acceptors (Lipinski definition) is 3. The van der Waals surface area contributed by atoms with Gasteiger partial charge in [0.05, 0.1) is 11.5 Å². The predicted octanol–water partition coefficient (Wildman–Crippen LogP) is 2.72. The molecule has 2 heterocycles. The number of aryl methyl sites for hydroxylation is 2. The van der Waals surface area contributed by atoms with Gasteiger partial charge >= 0.3 is 5.97 Å². The van der Waals surface area contributed by atoms with E-state index in [-0.39, 0.29) is 12.5 Å². The Balaban J connectivity index is 1.95. The number of nitrogens with zero attached hydrogens (tertiary/aromatic N) is 1. The van der Waals surface area contributed by atoms with Gasteiger partial charge in [0.1, 0.15) is 11.5 Å². The van der Waals surface area contributed by atoms with E-state index >= 15 is 0 Å². The van der Waals surface area contributed by atoms with Crippen LogP contribution in [0.4, 0.5) is 0 Å². The molecule has 0 spiro atoms. The number of hydrogen-bond donors (Lipinski definition) is 1. The summed E-state index contributed by atoms with van der Waals surface area (Å²) in [6.45, 7) is 4.12. The van der Waals surface area contributed by atoms with Crippen molar-refractivity contribution < 1.29 is 19.1 Å². The minimum absolute atomic E-state index is 0.175. The lowest BCUT2D eigenvalue weighted by atomic mass is 9.89. The Hall–Kier alpha value is -2.56. The van der Waals surface area contributed by atoms with Crippen molar-refractivity contribution in [1.82, 2.24) is 4.90 Å². The summed E-state index contributed by atoms with van der Waals surface area (Å²) in [5, 5.41) is 9.46. The lowest BCUT2D eigenvalue weighted by Gasteiger charge is -2.32. The molecule has 1 aliphatic rings. The molecule has 5 heteroatoms. The second kappa shape index (κ2) is 5.33. The summed E-state index contributed by atoms with van der Waals surface area (Å²) in [6, 6.07) is 9.09. The highest BCUT2D eigenvalue weighted by Crippen LogP contribution is 2.30. The van der Waals surface area contributed by atoms with Crippen LogP contribution in [-0.2, 0) is 11.3 Å². The molecule has 22 heavy (non-hydrogen) atoms. The first kappa shape index (κ1) is 14.4. The fourth-order valence-electron chi connectivity index (χ4n) is 2.99. The van der Waals surface area contributed by atoms with E-state index < -0.39 is 11.9 Å². The topological polar surface area (TPSA) is 70.8 Å². The number of carboxylic acid groups (broad SMARTS) is 1. The normalized spacial score (nSPS) is 17.2. The first-order valence-corrected chi connectivity index (χ1v) is 7.14. The summed E-state index contributed by atoms with van der Waals surface area (Å²) >= 11 is 0. The van der Waals surface area contributed by atoms with Crippen LogP contribution in [0.15, 0.2) is 34.7 Å². The summed E-state index contributed by atoms with van der Waals surface area (Å²) in [4.78, 5) is 25.8. The van der Waals surface area contributed by atoms with Crippen LogP contribution in [-0.4, -0.2) is 28.4 Å². The highest BCUT2D eigenvalue weighted by atomic mass is 16.4. The summed E-state index contributed by atoms with van der Waals surface area (Å²) < 4.78 is 5.41. The number of aliphatic carboxylic acids is 1. The van der Waals surface area contributed by atoms with Crippen molar-refractivity contribution in [3.63, 3.8) is 0 Å². The van der Waals surface area contributed by atoms with Crippen LogP contribution in [0.3, 0.4) is 0 Å². The van der Waals surface area contributed by atoms with Crippen molar-refractivity contribution in [3.05, 3.63) is 58.5 Å². The fraction of sp³-hybridized carbons (Fsp3) is 0.294. The van der Waals surface area contributed by atoms with E-state index in [0.29, 0.717) is 23.6 Å². The molecule has 1 N–H and O–H groups in total. The van der Waals surface area contributed by atoms with Crippen LogP contribution in [0.1, 0.15) is 38.9 Å². The molecular formula is C17H17NO4. The third kappa shape index (κ3) is 2.39. The number of amides is 1. The molecule has 1 aromatic heterocycles. The van der Waals surface area contributed by atoms with Crippen LogP contribution >= 0.6 is 0 Å². The fourth-order valence-corrected chi connectivity index (χ4v) is 2.99. The molecule has 1 atom stereocenters.